The van der Waals surface area contributed by atoms with E-state index >= 15 is 0 Å². The minimum atomic E-state index is -0.400. The zero-order valence-electron chi connectivity index (χ0n) is 4.13. The molecule has 3 heteroatoms. The van der Waals surface area contributed by atoms with Crippen LogP contribution >= 0.6 is 0 Å². The van der Waals surface area contributed by atoms with Crippen molar-refractivity contribution in [3.63, 3.8) is 0 Å². The molecule has 0 saturated carbocycles. The van der Waals surface area contributed by atoms with Gasteiger partial charge in [-0.25, -0.2) is 0 Å². The molecular weight excluding hydrogens is 212 g/mol. The van der Waals surface area contributed by atoms with E-state index in [1.807, 2.05) is 0 Å². The fraction of sp³-hybridized carbons (Fsp3) is 0. The van der Waals surface area contributed by atoms with E-state index in [-0.39, 0.29) is 0 Å². The predicted octanol–water partition coefficient (Wildman–Crippen LogP) is -0.253. The third-order valence-corrected chi connectivity index (χ3v) is 1.73. The van der Waals surface area contributed by atoms with E-state index in [2.05, 4.69) is 4.98 Å². The summed E-state index contributed by atoms with van der Waals surface area (Å²) in [6, 6.07) is 3.12. The Hall–Kier alpha value is -0.121. The van der Waals surface area contributed by atoms with Crippen molar-refractivity contribution in [1.82, 2.24) is 4.98 Å². The van der Waals surface area contributed by atoms with E-state index < -0.39 is 5.95 Å². The summed E-state index contributed by atoms with van der Waals surface area (Å²) in [4.78, 5) is 3.44. The molecule has 0 unspecified atom stereocenters. The molecule has 2 radical (unpaired) electrons. The van der Waals surface area contributed by atoms with Crippen LogP contribution in [-0.2, 0) is 0 Å². The van der Waals surface area contributed by atoms with E-state index in [1.165, 1.54) is 6.07 Å². The van der Waals surface area contributed by atoms with Gasteiger partial charge in [-0.1, -0.05) is 0 Å². The Kier molecular flexibility index (Phi) is 1.83. The Bertz CT molecular complexity index is 151. The van der Waals surface area contributed by atoms with Crippen molar-refractivity contribution in [2.24, 2.45) is 0 Å². The molecule has 0 amide bonds. The van der Waals surface area contributed by atoms with E-state index in [0.717, 1.165) is 26.1 Å². The van der Waals surface area contributed by atoms with E-state index in [1.54, 1.807) is 12.3 Å². The quantitative estimate of drug-likeness (QED) is 0.430. The summed E-state index contributed by atoms with van der Waals surface area (Å²) in [6.07, 6.45) is 1.55. The summed E-state index contributed by atoms with van der Waals surface area (Å²) in [7, 11) is 0. The van der Waals surface area contributed by atoms with Crippen LogP contribution in [0.4, 0.5) is 4.39 Å². The normalized spacial score (nSPS) is 9.25. The molecule has 8 heavy (non-hydrogen) atoms. The van der Waals surface area contributed by atoms with E-state index in [9.17, 15) is 4.39 Å². The van der Waals surface area contributed by atoms with E-state index in [0.29, 0.717) is 0 Å². The fourth-order valence-electron chi connectivity index (χ4n) is 0.387. The number of halogens is 1. The van der Waals surface area contributed by atoms with Crippen LogP contribution in [0.1, 0.15) is 0 Å². The third kappa shape index (κ3) is 1.43. The maximum absolute atomic E-state index is 12.0. The van der Waals surface area contributed by atoms with Gasteiger partial charge in [0.1, 0.15) is 0 Å². The second-order valence-electron chi connectivity index (χ2n) is 1.41. The van der Waals surface area contributed by atoms with Crippen LogP contribution in [0.5, 0.6) is 0 Å². The van der Waals surface area contributed by atoms with Crippen LogP contribution < -0.4 is 3.58 Å². The molecule has 1 nitrogen and oxygen atoms in total. The van der Waals surface area contributed by atoms with Gasteiger partial charge in [0.25, 0.3) is 0 Å². The molecule has 0 bridgehead atoms. The number of nitrogens with zero attached hydrogens (tertiary/aromatic N) is 1. The van der Waals surface area contributed by atoms with Gasteiger partial charge < -0.3 is 0 Å². The molecular formula is C5H4FNSn. The van der Waals surface area contributed by atoms with Crippen LogP contribution in [-0.4, -0.2) is 27.5 Å². The standard InChI is InChI=1S/C5H3FN.Sn.H/c6-5-3-1-2-4-7-5;;/h1,3-4H;;. The monoisotopic (exact) mass is 217 g/mol. The van der Waals surface area contributed by atoms with Gasteiger partial charge in [-0.05, 0) is 0 Å². The number of aromatic nitrogens is 1. The fourth-order valence-corrected chi connectivity index (χ4v) is 0.875. The van der Waals surface area contributed by atoms with Crippen LogP contribution in [0.15, 0.2) is 18.3 Å². The first-order valence-corrected chi connectivity index (χ1v) is 3.81. The Morgan fingerprint density at radius 2 is 2.25 bits per heavy atom. The Balaban J connectivity index is 3.03. The third-order valence-electron chi connectivity index (χ3n) is 0.750. The van der Waals surface area contributed by atoms with Crippen molar-refractivity contribution in [3.8, 4) is 0 Å². The summed E-state index contributed by atoms with van der Waals surface area (Å²) in [5, 5.41) is 0. The van der Waals surface area contributed by atoms with Gasteiger partial charge in [-0.2, -0.15) is 0 Å². The first-order valence-electron chi connectivity index (χ1n) is 2.16. The van der Waals surface area contributed by atoms with Gasteiger partial charge in [0.15, 0.2) is 0 Å². The summed E-state index contributed by atoms with van der Waals surface area (Å²) in [5.74, 6) is -0.400. The summed E-state index contributed by atoms with van der Waals surface area (Å²) in [6.45, 7) is 0. The minimum absolute atomic E-state index is 0.400. The molecule has 0 spiro atoms. The molecule has 0 atom stereocenters. The number of hydrogen-bond donors (Lipinski definition) is 0. The maximum atomic E-state index is 12.0. The molecule has 1 aromatic heterocycles. The molecule has 0 N–H and O–H groups in total. The Morgan fingerprint density at radius 3 is 2.62 bits per heavy atom. The zero-order valence-corrected chi connectivity index (χ0v) is 7.43. The molecule has 1 heterocycles. The first kappa shape index (κ1) is 6.01. The summed E-state index contributed by atoms with van der Waals surface area (Å²) in [5.41, 5.74) is 0. The van der Waals surface area contributed by atoms with Gasteiger partial charge in [0.05, 0.1) is 0 Å². The summed E-state index contributed by atoms with van der Waals surface area (Å²) < 4.78 is 13.1. The zero-order chi connectivity index (χ0) is 5.98. The SMILES string of the molecule is Fc1cc[c]([SnH])cn1. The second-order valence-corrected chi connectivity index (χ2v) is 3.32. The molecule has 1 rings (SSSR count). The molecule has 1 aromatic rings. The van der Waals surface area contributed by atoms with Gasteiger partial charge >= 0.3 is 59.8 Å². The van der Waals surface area contributed by atoms with Crippen molar-refractivity contribution in [2.75, 3.05) is 0 Å². The number of rotatable bonds is 0. The molecule has 0 aliphatic heterocycles. The molecule has 0 saturated heterocycles. The molecule has 0 fully saturated rings. The average Bonchev–Trinajstić information content (AvgIpc) is 1.77. The molecule has 40 valence electrons. The topological polar surface area (TPSA) is 12.9 Å². The van der Waals surface area contributed by atoms with Crippen LogP contribution in [0, 0.1) is 5.95 Å². The number of hydrogen-bond acceptors (Lipinski definition) is 1. The van der Waals surface area contributed by atoms with Gasteiger partial charge in [0.2, 0.25) is 0 Å². The van der Waals surface area contributed by atoms with Crippen molar-refractivity contribution >= 4 is 26.1 Å². The average molecular weight is 216 g/mol. The Morgan fingerprint density at radius 1 is 1.50 bits per heavy atom. The van der Waals surface area contributed by atoms with Gasteiger partial charge in [0, 0.05) is 0 Å². The van der Waals surface area contributed by atoms with Crippen molar-refractivity contribution in [2.45, 2.75) is 0 Å². The van der Waals surface area contributed by atoms with Crippen LogP contribution in [0.2, 0.25) is 0 Å². The first-order chi connectivity index (χ1) is 3.79. The molecule has 0 aromatic carbocycles. The molecule has 0 aliphatic rings. The van der Waals surface area contributed by atoms with Crippen LogP contribution in [0.3, 0.4) is 0 Å². The van der Waals surface area contributed by atoms with Crippen molar-refractivity contribution in [3.05, 3.63) is 24.3 Å². The predicted molar refractivity (Wildman–Crippen MR) is 31.0 cm³/mol. The summed E-state index contributed by atoms with van der Waals surface area (Å²) >= 11 is 1.00. The Labute approximate surface area is 60.0 Å². The van der Waals surface area contributed by atoms with Crippen molar-refractivity contribution < 1.29 is 4.39 Å². The second kappa shape index (κ2) is 2.44. The van der Waals surface area contributed by atoms with Crippen molar-refractivity contribution in [1.29, 1.82) is 0 Å². The number of pyridine rings is 1. The molecule has 0 aliphatic carbocycles. The van der Waals surface area contributed by atoms with Gasteiger partial charge in [-0.15, -0.1) is 0 Å². The van der Waals surface area contributed by atoms with E-state index in [4.69, 9.17) is 0 Å². The van der Waals surface area contributed by atoms with Gasteiger partial charge in [-0.3, -0.25) is 0 Å². The van der Waals surface area contributed by atoms with Crippen LogP contribution in [0.25, 0.3) is 0 Å².